The van der Waals surface area contributed by atoms with E-state index in [1.54, 1.807) is 0 Å². The van der Waals surface area contributed by atoms with Gasteiger partial charge in [0.2, 0.25) is 5.88 Å². The van der Waals surface area contributed by atoms with Crippen LogP contribution in [0, 0.1) is 0 Å². The van der Waals surface area contributed by atoms with E-state index in [0.717, 1.165) is 36.7 Å². The summed E-state index contributed by atoms with van der Waals surface area (Å²) in [6, 6.07) is 7.81. The number of likely N-dealkylation sites (tertiary alicyclic amines) is 1. The first kappa shape index (κ1) is 12.6. The number of benzene rings is 1. The number of aromatic nitrogens is 2. The van der Waals surface area contributed by atoms with Gasteiger partial charge in [0.15, 0.2) is 5.15 Å². The van der Waals surface area contributed by atoms with E-state index in [9.17, 15) is 0 Å². The average Bonchev–Trinajstić information content (AvgIpc) is 2.45. The molecule has 1 aliphatic rings. The lowest BCUT2D eigenvalue weighted by atomic mass is 10.1. The molecule has 2 aromatic rings. The molecule has 0 saturated carbocycles. The maximum atomic E-state index is 6.06. The van der Waals surface area contributed by atoms with E-state index in [4.69, 9.17) is 16.3 Å². The molecule has 4 nitrogen and oxygen atoms in total. The topological polar surface area (TPSA) is 38.2 Å². The maximum absolute atomic E-state index is 6.06. The standard InChI is InChI=1S/C14H16ClN3O/c1-18-8-6-10(7-9-18)19-14-12-5-3-2-4-11(12)13(15)16-17-14/h2-5,10H,6-9H2,1H3. The summed E-state index contributed by atoms with van der Waals surface area (Å²) in [6.45, 7) is 2.12. The highest BCUT2D eigenvalue weighted by molar-refractivity contribution is 6.34. The van der Waals surface area contributed by atoms with E-state index in [0.29, 0.717) is 11.0 Å². The van der Waals surface area contributed by atoms with Gasteiger partial charge in [0, 0.05) is 23.9 Å². The van der Waals surface area contributed by atoms with E-state index in [-0.39, 0.29) is 6.10 Å². The van der Waals surface area contributed by atoms with Crippen LogP contribution in [-0.2, 0) is 0 Å². The zero-order valence-electron chi connectivity index (χ0n) is 10.8. The van der Waals surface area contributed by atoms with Crippen LogP contribution in [0.3, 0.4) is 0 Å². The van der Waals surface area contributed by atoms with Crippen molar-refractivity contribution in [3.8, 4) is 5.88 Å². The van der Waals surface area contributed by atoms with Crippen molar-refractivity contribution in [3.63, 3.8) is 0 Å². The fraction of sp³-hybridized carbons (Fsp3) is 0.429. The summed E-state index contributed by atoms with van der Waals surface area (Å²) in [7, 11) is 2.13. The predicted molar refractivity (Wildman–Crippen MR) is 75.7 cm³/mol. The highest BCUT2D eigenvalue weighted by Crippen LogP contribution is 2.28. The lowest BCUT2D eigenvalue weighted by molar-refractivity contribution is 0.110. The Balaban J connectivity index is 1.87. The van der Waals surface area contributed by atoms with E-state index in [1.807, 2.05) is 24.3 Å². The molecule has 1 aromatic heterocycles. The Labute approximate surface area is 117 Å². The second-order valence-corrected chi connectivity index (χ2v) is 5.32. The van der Waals surface area contributed by atoms with Crippen LogP contribution >= 0.6 is 11.6 Å². The Hall–Kier alpha value is -1.39. The number of nitrogens with zero attached hydrogens (tertiary/aromatic N) is 3. The van der Waals surface area contributed by atoms with E-state index >= 15 is 0 Å². The number of halogens is 1. The lowest BCUT2D eigenvalue weighted by Gasteiger charge is -2.29. The molecule has 0 spiro atoms. The van der Waals surface area contributed by atoms with Crippen LogP contribution in [0.2, 0.25) is 5.15 Å². The quantitative estimate of drug-likeness (QED) is 0.846. The van der Waals surface area contributed by atoms with Gasteiger partial charge in [0.05, 0.1) is 0 Å². The smallest absolute Gasteiger partial charge is 0.241 e. The van der Waals surface area contributed by atoms with Crippen LogP contribution in [0.25, 0.3) is 10.8 Å². The normalized spacial score (nSPS) is 17.8. The Morgan fingerprint density at radius 1 is 1.16 bits per heavy atom. The zero-order valence-corrected chi connectivity index (χ0v) is 11.6. The van der Waals surface area contributed by atoms with Crippen molar-refractivity contribution in [1.29, 1.82) is 0 Å². The summed E-state index contributed by atoms with van der Waals surface area (Å²) in [4.78, 5) is 2.31. The molecule has 0 atom stereocenters. The third-order valence-electron chi connectivity index (χ3n) is 3.55. The number of rotatable bonds is 2. The second kappa shape index (κ2) is 5.31. The van der Waals surface area contributed by atoms with Gasteiger partial charge in [-0.2, -0.15) is 0 Å². The Bertz CT molecular complexity index is 582. The van der Waals surface area contributed by atoms with Gasteiger partial charge in [-0.25, -0.2) is 0 Å². The summed E-state index contributed by atoms with van der Waals surface area (Å²) >= 11 is 6.06. The second-order valence-electron chi connectivity index (χ2n) is 4.96. The van der Waals surface area contributed by atoms with Crippen LogP contribution in [-0.4, -0.2) is 41.3 Å². The van der Waals surface area contributed by atoms with Crippen molar-refractivity contribution in [3.05, 3.63) is 29.4 Å². The molecule has 0 amide bonds. The molecular formula is C14H16ClN3O. The number of fused-ring (bicyclic) bond motifs is 1. The minimum absolute atomic E-state index is 0.218. The van der Waals surface area contributed by atoms with Crippen molar-refractivity contribution in [2.45, 2.75) is 18.9 Å². The van der Waals surface area contributed by atoms with Crippen molar-refractivity contribution in [1.82, 2.24) is 15.1 Å². The van der Waals surface area contributed by atoms with Gasteiger partial charge in [0.1, 0.15) is 6.10 Å². The van der Waals surface area contributed by atoms with Crippen LogP contribution < -0.4 is 4.74 Å². The summed E-state index contributed by atoms with van der Waals surface area (Å²) in [5.41, 5.74) is 0. The molecule has 3 rings (SSSR count). The molecule has 0 unspecified atom stereocenters. The fourth-order valence-corrected chi connectivity index (χ4v) is 2.60. The zero-order chi connectivity index (χ0) is 13.2. The molecule has 1 aliphatic heterocycles. The van der Waals surface area contributed by atoms with Crippen molar-refractivity contribution >= 4 is 22.4 Å². The molecule has 1 fully saturated rings. The number of hydrogen-bond acceptors (Lipinski definition) is 4. The van der Waals surface area contributed by atoms with Crippen molar-refractivity contribution in [2.75, 3.05) is 20.1 Å². The summed E-state index contributed by atoms with van der Waals surface area (Å²) in [5.74, 6) is 0.592. The van der Waals surface area contributed by atoms with Gasteiger partial charge in [-0.05, 0) is 26.0 Å². The molecule has 0 radical (unpaired) electrons. The number of ether oxygens (including phenoxy) is 1. The maximum Gasteiger partial charge on any atom is 0.241 e. The Kier molecular flexibility index (Phi) is 3.53. The van der Waals surface area contributed by atoms with E-state index in [2.05, 4.69) is 22.1 Å². The molecule has 2 heterocycles. The molecule has 5 heteroatoms. The van der Waals surface area contributed by atoms with Crippen LogP contribution in [0.5, 0.6) is 5.88 Å². The largest absolute Gasteiger partial charge is 0.473 e. The van der Waals surface area contributed by atoms with Crippen molar-refractivity contribution < 1.29 is 4.74 Å². The molecule has 19 heavy (non-hydrogen) atoms. The molecule has 0 N–H and O–H groups in total. The molecule has 100 valence electrons. The fourth-order valence-electron chi connectivity index (χ4n) is 2.39. The Morgan fingerprint density at radius 3 is 2.58 bits per heavy atom. The van der Waals surface area contributed by atoms with Gasteiger partial charge in [-0.3, -0.25) is 0 Å². The lowest BCUT2D eigenvalue weighted by Crippen LogP contribution is -2.35. The third-order valence-corrected chi connectivity index (χ3v) is 3.83. The van der Waals surface area contributed by atoms with Gasteiger partial charge in [-0.15, -0.1) is 10.2 Å². The highest BCUT2D eigenvalue weighted by atomic mass is 35.5. The summed E-state index contributed by atoms with van der Waals surface area (Å²) < 4.78 is 6.01. The molecule has 1 saturated heterocycles. The van der Waals surface area contributed by atoms with Gasteiger partial charge < -0.3 is 9.64 Å². The van der Waals surface area contributed by atoms with Crippen LogP contribution in [0.1, 0.15) is 12.8 Å². The average molecular weight is 278 g/mol. The van der Waals surface area contributed by atoms with Gasteiger partial charge in [0.25, 0.3) is 0 Å². The first-order valence-electron chi connectivity index (χ1n) is 6.50. The Morgan fingerprint density at radius 2 is 1.84 bits per heavy atom. The third kappa shape index (κ3) is 2.65. The van der Waals surface area contributed by atoms with Crippen LogP contribution in [0.4, 0.5) is 0 Å². The highest BCUT2D eigenvalue weighted by Gasteiger charge is 2.20. The molecular weight excluding hydrogens is 262 g/mol. The number of piperidine rings is 1. The minimum atomic E-state index is 0.218. The van der Waals surface area contributed by atoms with E-state index in [1.165, 1.54) is 0 Å². The molecule has 0 bridgehead atoms. The number of hydrogen-bond donors (Lipinski definition) is 0. The summed E-state index contributed by atoms with van der Waals surface area (Å²) in [6.07, 6.45) is 2.26. The van der Waals surface area contributed by atoms with Gasteiger partial charge in [-0.1, -0.05) is 29.8 Å². The SMILES string of the molecule is CN1CCC(Oc2nnc(Cl)c3ccccc23)CC1. The first-order valence-corrected chi connectivity index (χ1v) is 6.88. The minimum Gasteiger partial charge on any atom is -0.473 e. The van der Waals surface area contributed by atoms with Crippen molar-refractivity contribution in [2.24, 2.45) is 0 Å². The first-order chi connectivity index (χ1) is 9.24. The predicted octanol–water partition coefficient (Wildman–Crippen LogP) is 2.76. The monoisotopic (exact) mass is 277 g/mol. The molecule has 1 aromatic carbocycles. The summed E-state index contributed by atoms with van der Waals surface area (Å²) in [5, 5.41) is 10.3. The molecule has 0 aliphatic carbocycles. The van der Waals surface area contributed by atoms with E-state index < -0.39 is 0 Å². The van der Waals surface area contributed by atoms with Crippen LogP contribution in [0.15, 0.2) is 24.3 Å². The van der Waals surface area contributed by atoms with Gasteiger partial charge >= 0.3 is 0 Å².